The van der Waals surface area contributed by atoms with E-state index in [1.54, 1.807) is 0 Å². The summed E-state index contributed by atoms with van der Waals surface area (Å²) in [6, 6.07) is 4.02. The third-order valence-electron chi connectivity index (χ3n) is 4.17. The third-order valence-corrected chi connectivity index (χ3v) is 4.17. The van der Waals surface area contributed by atoms with Crippen LogP contribution in [0.15, 0.2) is 18.3 Å². The summed E-state index contributed by atoms with van der Waals surface area (Å²) in [6.07, 6.45) is 6.07. The number of piperidine rings is 1. The number of nitrogens with zero attached hydrogens (tertiary/aromatic N) is 2. The van der Waals surface area contributed by atoms with E-state index in [4.69, 9.17) is 4.74 Å². The first kappa shape index (κ1) is 15.2. The first-order valence-corrected chi connectivity index (χ1v) is 8.13. The Labute approximate surface area is 131 Å². The summed E-state index contributed by atoms with van der Waals surface area (Å²) in [6.45, 7) is 4.31. The van der Waals surface area contributed by atoms with Crippen LogP contribution >= 0.6 is 0 Å². The van der Waals surface area contributed by atoms with E-state index in [9.17, 15) is 4.79 Å². The lowest BCUT2D eigenvalue weighted by Gasteiger charge is -2.28. The maximum absolute atomic E-state index is 12.0. The number of aromatic nitrogens is 1. The largest absolute Gasteiger partial charge is 0.378 e. The molecule has 1 aromatic rings. The molecule has 3 heterocycles. The summed E-state index contributed by atoms with van der Waals surface area (Å²) < 4.78 is 5.35. The molecule has 1 amide bonds. The van der Waals surface area contributed by atoms with Crippen LogP contribution in [-0.4, -0.2) is 49.8 Å². The Morgan fingerprint density at radius 3 is 2.91 bits per heavy atom. The second-order valence-electron chi connectivity index (χ2n) is 5.93. The molecule has 0 spiro atoms. The number of pyridine rings is 1. The van der Waals surface area contributed by atoms with Gasteiger partial charge in [-0.3, -0.25) is 4.79 Å². The quantitative estimate of drug-likeness (QED) is 0.880. The highest BCUT2D eigenvalue weighted by Crippen LogP contribution is 2.20. The molecule has 3 rings (SSSR count). The van der Waals surface area contributed by atoms with Gasteiger partial charge >= 0.3 is 0 Å². The van der Waals surface area contributed by atoms with E-state index in [2.05, 4.69) is 20.5 Å². The van der Waals surface area contributed by atoms with Crippen LogP contribution in [0.3, 0.4) is 0 Å². The van der Waals surface area contributed by atoms with Crippen LogP contribution in [-0.2, 0) is 9.53 Å². The smallest absolute Gasteiger partial charge is 0.227 e. The van der Waals surface area contributed by atoms with Crippen molar-refractivity contribution in [3.05, 3.63) is 18.3 Å². The van der Waals surface area contributed by atoms with E-state index >= 15 is 0 Å². The van der Waals surface area contributed by atoms with Crippen LogP contribution in [0.2, 0.25) is 0 Å². The van der Waals surface area contributed by atoms with Gasteiger partial charge in [0.1, 0.15) is 5.82 Å². The second-order valence-corrected chi connectivity index (χ2v) is 5.93. The third kappa shape index (κ3) is 4.18. The van der Waals surface area contributed by atoms with E-state index in [0.29, 0.717) is 18.8 Å². The van der Waals surface area contributed by atoms with Crippen molar-refractivity contribution in [3.63, 3.8) is 0 Å². The fraction of sp³-hybridized carbons (Fsp3) is 0.625. The molecule has 2 saturated heterocycles. The zero-order valence-electron chi connectivity index (χ0n) is 12.9. The molecule has 2 aliphatic rings. The summed E-state index contributed by atoms with van der Waals surface area (Å²) in [7, 11) is 0. The minimum Gasteiger partial charge on any atom is -0.378 e. The van der Waals surface area contributed by atoms with Gasteiger partial charge in [0.2, 0.25) is 5.91 Å². The number of amides is 1. The summed E-state index contributed by atoms with van der Waals surface area (Å²) in [5.74, 6) is 0.587. The molecule has 0 saturated carbocycles. The minimum atomic E-state index is -0.0266. The van der Waals surface area contributed by atoms with Gasteiger partial charge in [0.25, 0.3) is 0 Å². The second kappa shape index (κ2) is 7.56. The summed E-state index contributed by atoms with van der Waals surface area (Å²) in [4.78, 5) is 18.7. The predicted molar refractivity (Wildman–Crippen MR) is 86.2 cm³/mol. The maximum Gasteiger partial charge on any atom is 0.227 e. The van der Waals surface area contributed by atoms with Crippen molar-refractivity contribution in [2.24, 2.45) is 0 Å². The maximum atomic E-state index is 12.0. The van der Waals surface area contributed by atoms with Crippen LogP contribution in [0.5, 0.6) is 0 Å². The lowest BCUT2D eigenvalue weighted by atomic mass is 10.1. The van der Waals surface area contributed by atoms with Gasteiger partial charge < -0.3 is 20.3 Å². The number of anilines is 2. The van der Waals surface area contributed by atoms with E-state index < -0.39 is 0 Å². The summed E-state index contributed by atoms with van der Waals surface area (Å²) >= 11 is 0. The number of hydrogen-bond donors (Lipinski definition) is 2. The Balaban J connectivity index is 1.50. The number of hydrogen-bond acceptors (Lipinski definition) is 5. The Hall–Kier alpha value is -1.66. The first-order chi connectivity index (χ1) is 10.8. The molecule has 2 aliphatic heterocycles. The molecule has 2 fully saturated rings. The molecule has 0 aliphatic carbocycles. The van der Waals surface area contributed by atoms with Crippen molar-refractivity contribution in [2.45, 2.75) is 31.7 Å². The molecule has 22 heavy (non-hydrogen) atoms. The van der Waals surface area contributed by atoms with E-state index in [-0.39, 0.29) is 11.9 Å². The summed E-state index contributed by atoms with van der Waals surface area (Å²) in [5.41, 5.74) is 1.14. The Bertz CT molecular complexity index is 479. The first-order valence-electron chi connectivity index (χ1n) is 8.13. The van der Waals surface area contributed by atoms with Gasteiger partial charge in [0.05, 0.1) is 25.1 Å². The number of rotatable bonds is 4. The van der Waals surface area contributed by atoms with Gasteiger partial charge in [-0.1, -0.05) is 0 Å². The van der Waals surface area contributed by atoms with Gasteiger partial charge in [0.15, 0.2) is 0 Å². The number of morpholine rings is 1. The van der Waals surface area contributed by atoms with E-state index in [1.165, 1.54) is 19.3 Å². The van der Waals surface area contributed by atoms with E-state index in [0.717, 1.165) is 31.9 Å². The van der Waals surface area contributed by atoms with Gasteiger partial charge in [-0.2, -0.15) is 0 Å². The molecule has 0 aromatic carbocycles. The number of nitrogens with one attached hydrogen (secondary N) is 2. The van der Waals surface area contributed by atoms with Gasteiger partial charge in [-0.25, -0.2) is 4.98 Å². The van der Waals surface area contributed by atoms with Crippen LogP contribution in [0.1, 0.15) is 25.7 Å². The lowest BCUT2D eigenvalue weighted by molar-refractivity contribution is -0.117. The molecule has 1 unspecified atom stereocenters. The molecule has 0 radical (unpaired) electrons. The van der Waals surface area contributed by atoms with Crippen LogP contribution in [0.25, 0.3) is 0 Å². The highest BCUT2D eigenvalue weighted by atomic mass is 16.5. The average Bonchev–Trinajstić information content (AvgIpc) is 2.57. The Morgan fingerprint density at radius 2 is 2.23 bits per heavy atom. The van der Waals surface area contributed by atoms with Crippen molar-refractivity contribution < 1.29 is 9.53 Å². The van der Waals surface area contributed by atoms with Crippen molar-refractivity contribution in [2.75, 3.05) is 43.1 Å². The monoisotopic (exact) mass is 304 g/mol. The topological polar surface area (TPSA) is 66.5 Å². The van der Waals surface area contributed by atoms with Crippen molar-refractivity contribution in [1.29, 1.82) is 0 Å². The molecule has 1 aromatic heterocycles. The molecule has 2 N–H and O–H groups in total. The fourth-order valence-corrected chi connectivity index (χ4v) is 2.97. The predicted octanol–water partition coefficient (Wildman–Crippen LogP) is 1.39. The molecular weight excluding hydrogens is 280 g/mol. The summed E-state index contributed by atoms with van der Waals surface area (Å²) in [5, 5.41) is 6.13. The number of carbonyl (C=O) groups is 1. The van der Waals surface area contributed by atoms with Crippen molar-refractivity contribution in [3.8, 4) is 0 Å². The fourth-order valence-electron chi connectivity index (χ4n) is 2.97. The van der Waals surface area contributed by atoms with Gasteiger partial charge in [-0.15, -0.1) is 0 Å². The van der Waals surface area contributed by atoms with Crippen LogP contribution in [0, 0.1) is 0 Å². The van der Waals surface area contributed by atoms with Crippen molar-refractivity contribution >= 4 is 17.4 Å². The molecule has 0 bridgehead atoms. The molecule has 6 heteroatoms. The molecular formula is C16H24N4O2. The average molecular weight is 304 g/mol. The highest BCUT2D eigenvalue weighted by molar-refractivity contribution is 5.90. The zero-order valence-corrected chi connectivity index (χ0v) is 12.9. The molecule has 120 valence electrons. The van der Waals surface area contributed by atoms with Gasteiger partial charge in [-0.05, 0) is 31.4 Å². The standard InChI is InChI=1S/C16H24N4O2/c21-16(10-13-12-22-9-6-17-13)19-15-5-4-14(11-18-15)20-7-2-1-3-8-20/h4-5,11,13,17H,1-3,6-10,12H2,(H,18,19,21). The number of carbonyl (C=O) groups excluding carboxylic acids is 1. The van der Waals surface area contributed by atoms with Crippen molar-refractivity contribution in [1.82, 2.24) is 10.3 Å². The molecule has 1 atom stereocenters. The van der Waals surface area contributed by atoms with Crippen LogP contribution < -0.4 is 15.5 Å². The van der Waals surface area contributed by atoms with Crippen LogP contribution in [0.4, 0.5) is 11.5 Å². The van der Waals surface area contributed by atoms with E-state index in [1.807, 2.05) is 18.3 Å². The van der Waals surface area contributed by atoms with Gasteiger partial charge in [0, 0.05) is 32.1 Å². The number of ether oxygens (including phenoxy) is 1. The SMILES string of the molecule is O=C(CC1COCCN1)Nc1ccc(N2CCCCC2)cn1. The zero-order chi connectivity index (χ0) is 15.2. The Morgan fingerprint density at radius 1 is 1.36 bits per heavy atom. The normalized spacial score (nSPS) is 22.4. The molecule has 6 nitrogen and oxygen atoms in total. The Kier molecular flexibility index (Phi) is 5.24. The lowest BCUT2D eigenvalue weighted by Crippen LogP contribution is -2.43. The minimum absolute atomic E-state index is 0.0266. The highest BCUT2D eigenvalue weighted by Gasteiger charge is 2.17.